The Labute approximate surface area is 122 Å². The van der Waals surface area contributed by atoms with Gasteiger partial charge in [0.1, 0.15) is 0 Å². The number of rotatable bonds is 4. The highest BCUT2D eigenvalue weighted by atomic mass is 16.2. The summed E-state index contributed by atoms with van der Waals surface area (Å²) < 4.78 is 0. The van der Waals surface area contributed by atoms with E-state index in [-0.39, 0.29) is 11.8 Å². The molecule has 0 saturated heterocycles. The molecule has 0 radical (unpaired) electrons. The average molecular weight is 281 g/mol. The lowest BCUT2D eigenvalue weighted by molar-refractivity contribution is 0.0660. The standard InChI is InChI=1S/C16H15N3O2/c17-13-7-3-4-8-14(13)18-9-10-19-15(20)11-5-1-2-6-12(11)16(19)21/h1-8,18H,9-10,17H2. The van der Waals surface area contributed by atoms with Gasteiger partial charge < -0.3 is 11.1 Å². The fraction of sp³-hybridized carbons (Fsp3) is 0.125. The van der Waals surface area contributed by atoms with Gasteiger partial charge in [-0.25, -0.2) is 0 Å². The van der Waals surface area contributed by atoms with E-state index in [1.807, 2.05) is 18.2 Å². The Morgan fingerprint density at radius 3 is 2.10 bits per heavy atom. The third-order valence-corrected chi connectivity index (χ3v) is 3.49. The molecule has 0 unspecified atom stereocenters. The van der Waals surface area contributed by atoms with Crippen LogP contribution in [0.5, 0.6) is 0 Å². The molecule has 5 heteroatoms. The number of imide groups is 1. The number of nitrogen functional groups attached to an aromatic ring is 1. The highest BCUT2D eigenvalue weighted by Crippen LogP contribution is 2.22. The number of para-hydroxylation sites is 2. The average Bonchev–Trinajstić information content (AvgIpc) is 2.74. The van der Waals surface area contributed by atoms with Crippen molar-refractivity contribution in [3.8, 4) is 0 Å². The maximum absolute atomic E-state index is 12.2. The van der Waals surface area contributed by atoms with E-state index in [2.05, 4.69) is 5.32 Å². The number of amides is 2. The van der Waals surface area contributed by atoms with Crippen LogP contribution in [0.2, 0.25) is 0 Å². The number of nitrogens with two attached hydrogens (primary N) is 1. The van der Waals surface area contributed by atoms with E-state index in [1.165, 1.54) is 4.90 Å². The third-order valence-electron chi connectivity index (χ3n) is 3.49. The van der Waals surface area contributed by atoms with Gasteiger partial charge in [0.15, 0.2) is 0 Å². The first-order valence-electron chi connectivity index (χ1n) is 6.72. The molecule has 106 valence electrons. The Balaban J connectivity index is 1.66. The van der Waals surface area contributed by atoms with Crippen LogP contribution in [0.1, 0.15) is 20.7 Å². The summed E-state index contributed by atoms with van der Waals surface area (Å²) >= 11 is 0. The van der Waals surface area contributed by atoms with Crippen molar-refractivity contribution in [3.05, 3.63) is 59.7 Å². The van der Waals surface area contributed by atoms with Crippen LogP contribution in [0, 0.1) is 0 Å². The van der Waals surface area contributed by atoms with Gasteiger partial charge in [-0.3, -0.25) is 14.5 Å². The summed E-state index contributed by atoms with van der Waals surface area (Å²) in [5, 5.41) is 3.14. The van der Waals surface area contributed by atoms with Crippen molar-refractivity contribution < 1.29 is 9.59 Å². The molecule has 2 aromatic rings. The van der Waals surface area contributed by atoms with Crippen molar-refractivity contribution in [2.24, 2.45) is 0 Å². The van der Waals surface area contributed by atoms with Crippen molar-refractivity contribution in [1.82, 2.24) is 4.90 Å². The number of carbonyl (C=O) groups is 2. The van der Waals surface area contributed by atoms with Gasteiger partial charge in [0.2, 0.25) is 0 Å². The maximum Gasteiger partial charge on any atom is 0.261 e. The third kappa shape index (κ3) is 2.33. The van der Waals surface area contributed by atoms with Gasteiger partial charge in [0, 0.05) is 13.1 Å². The summed E-state index contributed by atoms with van der Waals surface area (Å²) in [7, 11) is 0. The van der Waals surface area contributed by atoms with Gasteiger partial charge in [-0.05, 0) is 24.3 Å². The quantitative estimate of drug-likeness (QED) is 0.663. The second-order valence-corrected chi connectivity index (χ2v) is 4.82. The summed E-state index contributed by atoms with van der Waals surface area (Å²) in [6, 6.07) is 14.3. The number of fused-ring (bicyclic) bond motifs is 1. The largest absolute Gasteiger partial charge is 0.397 e. The minimum Gasteiger partial charge on any atom is -0.397 e. The van der Waals surface area contributed by atoms with Crippen LogP contribution < -0.4 is 11.1 Å². The SMILES string of the molecule is Nc1ccccc1NCCN1C(=O)c2ccccc2C1=O. The smallest absolute Gasteiger partial charge is 0.261 e. The van der Waals surface area contributed by atoms with E-state index in [0.717, 1.165) is 5.69 Å². The number of hydrogen-bond donors (Lipinski definition) is 2. The predicted molar refractivity (Wildman–Crippen MR) is 81.2 cm³/mol. The van der Waals surface area contributed by atoms with Crippen molar-refractivity contribution in [3.63, 3.8) is 0 Å². The molecule has 0 atom stereocenters. The first kappa shape index (κ1) is 13.2. The predicted octanol–water partition coefficient (Wildman–Crippen LogP) is 1.98. The van der Waals surface area contributed by atoms with Gasteiger partial charge in [0.05, 0.1) is 22.5 Å². The topological polar surface area (TPSA) is 75.4 Å². The van der Waals surface area contributed by atoms with Crippen LogP contribution in [0.15, 0.2) is 48.5 Å². The van der Waals surface area contributed by atoms with Gasteiger partial charge in [-0.2, -0.15) is 0 Å². The van der Waals surface area contributed by atoms with Crippen LogP contribution in [-0.4, -0.2) is 29.8 Å². The zero-order chi connectivity index (χ0) is 14.8. The molecule has 5 nitrogen and oxygen atoms in total. The molecular weight excluding hydrogens is 266 g/mol. The second kappa shape index (κ2) is 5.28. The van der Waals surface area contributed by atoms with E-state index in [9.17, 15) is 9.59 Å². The van der Waals surface area contributed by atoms with E-state index in [4.69, 9.17) is 5.73 Å². The van der Waals surface area contributed by atoms with Crippen LogP contribution in [-0.2, 0) is 0 Å². The Morgan fingerprint density at radius 2 is 1.48 bits per heavy atom. The van der Waals surface area contributed by atoms with Gasteiger partial charge in [0.25, 0.3) is 11.8 Å². The lowest BCUT2D eigenvalue weighted by Gasteiger charge is -2.15. The Kier molecular flexibility index (Phi) is 3.31. The molecule has 0 aliphatic carbocycles. The van der Waals surface area contributed by atoms with Crippen molar-refractivity contribution >= 4 is 23.2 Å². The van der Waals surface area contributed by atoms with Crippen LogP contribution in [0.3, 0.4) is 0 Å². The second-order valence-electron chi connectivity index (χ2n) is 4.82. The van der Waals surface area contributed by atoms with Gasteiger partial charge in [-0.1, -0.05) is 24.3 Å². The number of hydrogen-bond acceptors (Lipinski definition) is 4. The molecule has 21 heavy (non-hydrogen) atoms. The van der Waals surface area contributed by atoms with E-state index < -0.39 is 0 Å². The molecule has 0 bridgehead atoms. The molecule has 1 aliphatic heterocycles. The van der Waals surface area contributed by atoms with Crippen molar-refractivity contribution in [2.45, 2.75) is 0 Å². The van der Waals surface area contributed by atoms with Gasteiger partial charge >= 0.3 is 0 Å². The van der Waals surface area contributed by atoms with Crippen LogP contribution in [0.25, 0.3) is 0 Å². The fourth-order valence-corrected chi connectivity index (χ4v) is 2.40. The van der Waals surface area contributed by atoms with E-state index in [0.29, 0.717) is 29.9 Å². The number of carbonyl (C=O) groups excluding carboxylic acids is 2. The Bertz CT molecular complexity index is 677. The molecule has 0 saturated carbocycles. The molecule has 0 aromatic heterocycles. The summed E-state index contributed by atoms with van der Waals surface area (Å²) in [5.41, 5.74) is 8.21. The van der Waals surface area contributed by atoms with Crippen LogP contribution in [0.4, 0.5) is 11.4 Å². The molecule has 3 N–H and O–H groups in total. The lowest BCUT2D eigenvalue weighted by atomic mass is 10.1. The molecule has 2 amide bonds. The number of nitrogens with zero attached hydrogens (tertiary/aromatic N) is 1. The normalized spacial score (nSPS) is 13.4. The summed E-state index contributed by atoms with van der Waals surface area (Å²) in [6.45, 7) is 0.764. The highest BCUT2D eigenvalue weighted by molar-refractivity contribution is 6.21. The van der Waals surface area contributed by atoms with Crippen LogP contribution >= 0.6 is 0 Å². The summed E-state index contributed by atoms with van der Waals surface area (Å²) in [6.07, 6.45) is 0. The zero-order valence-electron chi connectivity index (χ0n) is 11.4. The van der Waals surface area contributed by atoms with Crippen molar-refractivity contribution in [2.75, 3.05) is 24.1 Å². The number of benzene rings is 2. The summed E-state index contributed by atoms with van der Waals surface area (Å²) in [4.78, 5) is 25.6. The first-order chi connectivity index (χ1) is 10.2. The zero-order valence-corrected chi connectivity index (χ0v) is 11.4. The molecule has 1 aliphatic rings. The highest BCUT2D eigenvalue weighted by Gasteiger charge is 2.34. The molecule has 2 aromatic carbocycles. The molecule has 3 rings (SSSR count). The first-order valence-corrected chi connectivity index (χ1v) is 6.72. The van der Waals surface area contributed by atoms with E-state index >= 15 is 0 Å². The molecule has 1 heterocycles. The summed E-state index contributed by atoms with van der Waals surface area (Å²) in [5.74, 6) is -0.475. The number of nitrogens with one attached hydrogen (secondary N) is 1. The van der Waals surface area contributed by atoms with Gasteiger partial charge in [-0.15, -0.1) is 0 Å². The Morgan fingerprint density at radius 1 is 0.905 bits per heavy atom. The monoisotopic (exact) mass is 281 g/mol. The fourth-order valence-electron chi connectivity index (χ4n) is 2.40. The maximum atomic E-state index is 12.2. The molecule has 0 fully saturated rings. The lowest BCUT2D eigenvalue weighted by Crippen LogP contribution is -2.34. The number of anilines is 2. The van der Waals surface area contributed by atoms with E-state index in [1.54, 1.807) is 30.3 Å². The molecular formula is C16H15N3O2. The Hall–Kier alpha value is -2.82. The molecule has 0 spiro atoms. The minimum absolute atomic E-state index is 0.238. The van der Waals surface area contributed by atoms with Crippen molar-refractivity contribution in [1.29, 1.82) is 0 Å². The minimum atomic E-state index is -0.238.